The molecule has 2 unspecified atom stereocenters. The summed E-state index contributed by atoms with van der Waals surface area (Å²) in [5.74, 6) is 0.0970. The monoisotopic (exact) mass is 243 g/mol. The fraction of sp³-hybridized carbons (Fsp3) is 0.917. The Hall–Kier alpha value is -0.650. The molecule has 5 nitrogen and oxygen atoms in total. The molecule has 1 aliphatic heterocycles. The molecular formula is C12H25N3O2. The molecule has 17 heavy (non-hydrogen) atoms. The maximum atomic E-state index is 12.0. The molecule has 1 rings (SSSR count). The molecule has 0 aromatic heterocycles. The van der Waals surface area contributed by atoms with Gasteiger partial charge in [0.1, 0.15) is 6.10 Å². The molecule has 5 heteroatoms. The maximum absolute atomic E-state index is 12.0. The summed E-state index contributed by atoms with van der Waals surface area (Å²) < 4.78 is 5.59. The van der Waals surface area contributed by atoms with Crippen LogP contribution in [-0.2, 0) is 9.53 Å². The average Bonchev–Trinajstić information content (AvgIpc) is 2.75. The van der Waals surface area contributed by atoms with Crippen molar-refractivity contribution >= 4 is 5.91 Å². The van der Waals surface area contributed by atoms with Crippen molar-refractivity contribution in [2.45, 2.75) is 31.5 Å². The van der Waals surface area contributed by atoms with Gasteiger partial charge in [0, 0.05) is 20.1 Å². The lowest BCUT2D eigenvalue weighted by Crippen LogP contribution is -2.38. The molecule has 1 fully saturated rings. The van der Waals surface area contributed by atoms with E-state index in [-0.39, 0.29) is 18.1 Å². The van der Waals surface area contributed by atoms with Crippen LogP contribution < -0.4 is 5.73 Å². The zero-order valence-electron chi connectivity index (χ0n) is 11.2. The quantitative estimate of drug-likeness (QED) is 0.708. The van der Waals surface area contributed by atoms with Crippen LogP contribution in [0.4, 0.5) is 0 Å². The SMILES string of the molecule is CN(C)CCCN(C)C(=O)C1CCC(CN)O1. The number of rotatable bonds is 6. The molecule has 100 valence electrons. The molecule has 0 saturated carbocycles. The van der Waals surface area contributed by atoms with Crippen molar-refractivity contribution in [3.8, 4) is 0 Å². The van der Waals surface area contributed by atoms with Gasteiger partial charge < -0.3 is 20.3 Å². The second-order valence-corrected chi connectivity index (χ2v) is 4.98. The minimum Gasteiger partial charge on any atom is -0.364 e. The predicted molar refractivity (Wildman–Crippen MR) is 67.8 cm³/mol. The van der Waals surface area contributed by atoms with Gasteiger partial charge in [-0.25, -0.2) is 0 Å². The van der Waals surface area contributed by atoms with Crippen LogP contribution in [0.25, 0.3) is 0 Å². The smallest absolute Gasteiger partial charge is 0.251 e. The molecule has 0 spiro atoms. The first-order valence-corrected chi connectivity index (χ1v) is 6.29. The van der Waals surface area contributed by atoms with Crippen LogP contribution in [0, 0.1) is 0 Å². The second-order valence-electron chi connectivity index (χ2n) is 4.98. The van der Waals surface area contributed by atoms with Gasteiger partial charge in [-0.2, -0.15) is 0 Å². The Bertz CT molecular complexity index is 246. The number of ether oxygens (including phenoxy) is 1. The zero-order chi connectivity index (χ0) is 12.8. The lowest BCUT2D eigenvalue weighted by Gasteiger charge is -2.22. The van der Waals surface area contributed by atoms with Crippen molar-refractivity contribution in [3.05, 3.63) is 0 Å². The number of amides is 1. The Labute approximate surface area is 104 Å². The van der Waals surface area contributed by atoms with E-state index in [0.717, 1.165) is 32.4 Å². The first-order valence-electron chi connectivity index (χ1n) is 6.29. The van der Waals surface area contributed by atoms with E-state index in [1.54, 1.807) is 4.90 Å². The van der Waals surface area contributed by atoms with Crippen LogP contribution in [-0.4, -0.2) is 68.7 Å². The van der Waals surface area contributed by atoms with E-state index in [0.29, 0.717) is 6.54 Å². The van der Waals surface area contributed by atoms with Gasteiger partial charge in [0.05, 0.1) is 6.10 Å². The topological polar surface area (TPSA) is 58.8 Å². The van der Waals surface area contributed by atoms with E-state index >= 15 is 0 Å². The van der Waals surface area contributed by atoms with Gasteiger partial charge in [0.25, 0.3) is 5.91 Å². The first-order chi connectivity index (χ1) is 8.04. The highest BCUT2D eigenvalue weighted by Gasteiger charge is 2.31. The average molecular weight is 243 g/mol. The van der Waals surface area contributed by atoms with Crippen LogP contribution >= 0.6 is 0 Å². The van der Waals surface area contributed by atoms with Gasteiger partial charge in [-0.1, -0.05) is 0 Å². The highest BCUT2D eigenvalue weighted by atomic mass is 16.5. The molecule has 1 saturated heterocycles. The Morgan fingerprint density at radius 1 is 1.29 bits per heavy atom. The summed E-state index contributed by atoms with van der Waals surface area (Å²) in [6, 6.07) is 0. The van der Waals surface area contributed by atoms with Gasteiger partial charge in [-0.15, -0.1) is 0 Å². The van der Waals surface area contributed by atoms with E-state index in [9.17, 15) is 4.79 Å². The van der Waals surface area contributed by atoms with E-state index in [1.165, 1.54) is 0 Å². The standard InChI is InChI=1S/C12H25N3O2/c1-14(2)7-4-8-15(3)12(16)11-6-5-10(9-13)17-11/h10-11H,4-9,13H2,1-3H3. The van der Waals surface area contributed by atoms with Crippen LogP contribution in [0.15, 0.2) is 0 Å². The van der Waals surface area contributed by atoms with Crippen molar-refractivity contribution in [1.29, 1.82) is 0 Å². The van der Waals surface area contributed by atoms with Crippen molar-refractivity contribution in [1.82, 2.24) is 9.80 Å². The summed E-state index contributed by atoms with van der Waals surface area (Å²) in [7, 11) is 5.92. The Morgan fingerprint density at radius 3 is 2.53 bits per heavy atom. The normalized spacial score (nSPS) is 24.3. The third-order valence-electron chi connectivity index (χ3n) is 3.12. The van der Waals surface area contributed by atoms with Crippen LogP contribution in [0.1, 0.15) is 19.3 Å². The number of carbonyl (C=O) groups is 1. The van der Waals surface area contributed by atoms with E-state index in [4.69, 9.17) is 10.5 Å². The van der Waals surface area contributed by atoms with Crippen LogP contribution in [0.3, 0.4) is 0 Å². The second kappa shape index (κ2) is 6.93. The van der Waals surface area contributed by atoms with Gasteiger partial charge in [-0.05, 0) is 39.9 Å². The highest BCUT2D eigenvalue weighted by molar-refractivity contribution is 5.80. The lowest BCUT2D eigenvalue weighted by atomic mass is 10.2. The van der Waals surface area contributed by atoms with Gasteiger partial charge in [-0.3, -0.25) is 4.79 Å². The van der Waals surface area contributed by atoms with Crippen molar-refractivity contribution in [2.75, 3.05) is 40.8 Å². The number of hydrogen-bond donors (Lipinski definition) is 1. The third-order valence-corrected chi connectivity index (χ3v) is 3.12. The van der Waals surface area contributed by atoms with Crippen molar-refractivity contribution in [3.63, 3.8) is 0 Å². The molecule has 1 heterocycles. The third kappa shape index (κ3) is 4.61. The summed E-state index contributed by atoms with van der Waals surface area (Å²) in [4.78, 5) is 15.9. The molecule has 0 bridgehead atoms. The number of likely N-dealkylation sites (N-methyl/N-ethyl adjacent to an activating group) is 1. The molecule has 2 atom stereocenters. The molecule has 1 aliphatic rings. The van der Waals surface area contributed by atoms with Crippen molar-refractivity contribution in [2.24, 2.45) is 5.73 Å². The molecule has 0 radical (unpaired) electrons. The van der Waals surface area contributed by atoms with Crippen molar-refractivity contribution < 1.29 is 9.53 Å². The molecule has 0 aliphatic carbocycles. The number of hydrogen-bond acceptors (Lipinski definition) is 4. The Kier molecular flexibility index (Phi) is 5.88. The summed E-state index contributed by atoms with van der Waals surface area (Å²) in [6.07, 6.45) is 2.49. The first kappa shape index (κ1) is 14.4. The zero-order valence-corrected chi connectivity index (χ0v) is 11.2. The van der Waals surface area contributed by atoms with E-state index < -0.39 is 0 Å². The Balaban J connectivity index is 2.27. The molecule has 2 N–H and O–H groups in total. The summed E-state index contributed by atoms with van der Waals surface area (Å²) >= 11 is 0. The van der Waals surface area contributed by atoms with Crippen LogP contribution in [0.5, 0.6) is 0 Å². The molecule has 1 amide bonds. The van der Waals surface area contributed by atoms with E-state index in [2.05, 4.69) is 4.90 Å². The van der Waals surface area contributed by atoms with Gasteiger partial charge in [0.2, 0.25) is 0 Å². The number of nitrogens with two attached hydrogens (primary N) is 1. The van der Waals surface area contributed by atoms with E-state index in [1.807, 2.05) is 21.1 Å². The fourth-order valence-electron chi connectivity index (χ4n) is 2.04. The fourth-order valence-corrected chi connectivity index (χ4v) is 2.04. The predicted octanol–water partition coefficient (Wildman–Crippen LogP) is -0.0972. The Morgan fingerprint density at radius 2 is 2.00 bits per heavy atom. The number of nitrogens with zero attached hydrogens (tertiary/aromatic N) is 2. The molecule has 0 aromatic rings. The summed E-state index contributed by atoms with van der Waals surface area (Å²) in [5, 5.41) is 0. The largest absolute Gasteiger partial charge is 0.364 e. The minimum atomic E-state index is -0.270. The minimum absolute atomic E-state index is 0.0686. The summed E-state index contributed by atoms with van der Waals surface area (Å²) in [5.41, 5.74) is 5.53. The van der Waals surface area contributed by atoms with Gasteiger partial charge in [0.15, 0.2) is 0 Å². The van der Waals surface area contributed by atoms with Crippen LogP contribution in [0.2, 0.25) is 0 Å². The molecule has 0 aromatic carbocycles. The lowest BCUT2D eigenvalue weighted by molar-refractivity contribution is -0.141. The summed E-state index contributed by atoms with van der Waals surface area (Å²) in [6.45, 7) is 2.28. The number of carbonyl (C=O) groups excluding carboxylic acids is 1. The maximum Gasteiger partial charge on any atom is 0.251 e. The molecular weight excluding hydrogens is 218 g/mol. The highest BCUT2D eigenvalue weighted by Crippen LogP contribution is 2.20. The van der Waals surface area contributed by atoms with Gasteiger partial charge >= 0.3 is 0 Å².